The third-order valence-corrected chi connectivity index (χ3v) is 2.82. The second kappa shape index (κ2) is 7.11. The molecule has 6 nitrogen and oxygen atoms in total. The van der Waals surface area contributed by atoms with Crippen LogP contribution in [0.25, 0.3) is 0 Å². The van der Waals surface area contributed by atoms with Gasteiger partial charge in [-0.3, -0.25) is 0 Å². The van der Waals surface area contributed by atoms with Crippen LogP contribution in [-0.2, 0) is 9.53 Å². The molecular weight excluding hydrogens is 224 g/mol. The molecule has 1 unspecified atom stereocenters. The van der Waals surface area contributed by atoms with Crippen LogP contribution in [0.3, 0.4) is 0 Å². The lowest BCUT2D eigenvalue weighted by molar-refractivity contribution is -0.139. The second-order valence-electron chi connectivity index (χ2n) is 4.24. The van der Waals surface area contributed by atoms with Crippen molar-refractivity contribution in [2.75, 3.05) is 19.8 Å². The summed E-state index contributed by atoms with van der Waals surface area (Å²) in [6.45, 7) is 3.70. The fourth-order valence-electron chi connectivity index (χ4n) is 1.75. The van der Waals surface area contributed by atoms with Gasteiger partial charge in [0.25, 0.3) is 0 Å². The zero-order valence-corrected chi connectivity index (χ0v) is 10.1. The molecule has 2 atom stereocenters. The Bertz CT molecular complexity index is 264. The third kappa shape index (κ3) is 5.04. The molecule has 3 N–H and O–H groups in total. The molecular formula is C11H20N2O4. The van der Waals surface area contributed by atoms with Crippen LogP contribution in [0.4, 0.5) is 4.79 Å². The molecule has 1 aliphatic rings. The molecule has 1 saturated heterocycles. The van der Waals surface area contributed by atoms with Gasteiger partial charge in [0.05, 0.1) is 6.61 Å². The summed E-state index contributed by atoms with van der Waals surface area (Å²) in [5, 5.41) is 13.9. The van der Waals surface area contributed by atoms with Crippen molar-refractivity contribution in [1.82, 2.24) is 10.6 Å². The molecule has 0 spiro atoms. The van der Waals surface area contributed by atoms with E-state index in [0.29, 0.717) is 25.5 Å². The lowest BCUT2D eigenvalue weighted by Gasteiger charge is -2.22. The molecule has 1 aliphatic heterocycles. The molecule has 0 aromatic heterocycles. The predicted molar refractivity (Wildman–Crippen MR) is 61.8 cm³/mol. The first-order valence-electron chi connectivity index (χ1n) is 5.98. The van der Waals surface area contributed by atoms with Crippen LogP contribution in [0.2, 0.25) is 0 Å². The van der Waals surface area contributed by atoms with E-state index in [1.807, 2.05) is 0 Å². The van der Waals surface area contributed by atoms with E-state index in [1.54, 1.807) is 6.92 Å². The van der Waals surface area contributed by atoms with Gasteiger partial charge in [-0.25, -0.2) is 9.59 Å². The average Bonchev–Trinajstić information content (AvgIpc) is 2.34. The van der Waals surface area contributed by atoms with E-state index in [-0.39, 0.29) is 0 Å². The highest BCUT2D eigenvalue weighted by atomic mass is 16.5. The Morgan fingerprint density at radius 1 is 1.53 bits per heavy atom. The number of amides is 2. The number of nitrogens with one attached hydrogen (secondary N) is 2. The summed E-state index contributed by atoms with van der Waals surface area (Å²) in [4.78, 5) is 22.1. The van der Waals surface area contributed by atoms with E-state index >= 15 is 0 Å². The number of carboxylic acid groups (broad SMARTS) is 1. The van der Waals surface area contributed by atoms with Crippen LogP contribution >= 0.6 is 0 Å². The van der Waals surface area contributed by atoms with Crippen molar-refractivity contribution in [3.05, 3.63) is 0 Å². The molecule has 98 valence electrons. The summed E-state index contributed by atoms with van der Waals surface area (Å²) >= 11 is 0. The van der Waals surface area contributed by atoms with E-state index in [4.69, 9.17) is 9.84 Å². The molecule has 0 aromatic carbocycles. The van der Waals surface area contributed by atoms with Gasteiger partial charge in [0.15, 0.2) is 0 Å². The Labute approximate surface area is 101 Å². The van der Waals surface area contributed by atoms with Crippen LogP contribution in [0.5, 0.6) is 0 Å². The van der Waals surface area contributed by atoms with Gasteiger partial charge in [0.2, 0.25) is 0 Å². The summed E-state index contributed by atoms with van der Waals surface area (Å²) < 4.78 is 5.29. The second-order valence-corrected chi connectivity index (χ2v) is 4.24. The zero-order valence-electron chi connectivity index (χ0n) is 10.1. The molecule has 0 aliphatic carbocycles. The SMILES string of the molecule is CC[C@H](NC(=O)NCC1CCCOC1)C(=O)O. The highest BCUT2D eigenvalue weighted by molar-refractivity contribution is 5.82. The largest absolute Gasteiger partial charge is 0.480 e. The van der Waals surface area contributed by atoms with Gasteiger partial charge in [-0.15, -0.1) is 0 Å². The number of carbonyl (C=O) groups excluding carboxylic acids is 1. The zero-order chi connectivity index (χ0) is 12.7. The van der Waals surface area contributed by atoms with Crippen molar-refractivity contribution >= 4 is 12.0 Å². The van der Waals surface area contributed by atoms with E-state index < -0.39 is 18.0 Å². The van der Waals surface area contributed by atoms with Crippen LogP contribution < -0.4 is 10.6 Å². The number of hydrogen-bond donors (Lipinski definition) is 3. The van der Waals surface area contributed by atoms with Crippen molar-refractivity contribution < 1.29 is 19.4 Å². The summed E-state index contributed by atoms with van der Waals surface area (Å²) in [6, 6.07) is -1.25. The first-order valence-corrected chi connectivity index (χ1v) is 5.98. The number of urea groups is 1. The van der Waals surface area contributed by atoms with Crippen LogP contribution in [0.15, 0.2) is 0 Å². The highest BCUT2D eigenvalue weighted by Crippen LogP contribution is 2.11. The predicted octanol–water partition coefficient (Wildman–Crippen LogP) is 0.575. The van der Waals surface area contributed by atoms with E-state index in [2.05, 4.69) is 10.6 Å². The molecule has 0 radical (unpaired) electrons. The first kappa shape index (κ1) is 13.8. The van der Waals surface area contributed by atoms with Gasteiger partial charge < -0.3 is 20.5 Å². The van der Waals surface area contributed by atoms with Gasteiger partial charge in [0.1, 0.15) is 6.04 Å². The topological polar surface area (TPSA) is 87.7 Å². The van der Waals surface area contributed by atoms with Crippen LogP contribution in [0.1, 0.15) is 26.2 Å². The van der Waals surface area contributed by atoms with Gasteiger partial charge in [-0.05, 0) is 25.2 Å². The highest BCUT2D eigenvalue weighted by Gasteiger charge is 2.19. The molecule has 0 aromatic rings. The fraction of sp³-hybridized carbons (Fsp3) is 0.818. The van der Waals surface area contributed by atoms with E-state index in [0.717, 1.165) is 19.4 Å². The minimum Gasteiger partial charge on any atom is -0.480 e. The van der Waals surface area contributed by atoms with Crippen molar-refractivity contribution in [1.29, 1.82) is 0 Å². The van der Waals surface area contributed by atoms with Crippen molar-refractivity contribution in [2.24, 2.45) is 5.92 Å². The minimum absolute atomic E-state index is 0.333. The van der Waals surface area contributed by atoms with Gasteiger partial charge in [-0.2, -0.15) is 0 Å². The summed E-state index contributed by atoms with van der Waals surface area (Å²) in [5.74, 6) is -0.678. The molecule has 0 bridgehead atoms. The molecule has 1 heterocycles. The minimum atomic E-state index is -1.01. The average molecular weight is 244 g/mol. The maximum atomic E-state index is 11.4. The molecule has 17 heavy (non-hydrogen) atoms. The fourth-order valence-corrected chi connectivity index (χ4v) is 1.75. The molecule has 1 fully saturated rings. The smallest absolute Gasteiger partial charge is 0.326 e. The first-order chi connectivity index (χ1) is 8.13. The summed E-state index contributed by atoms with van der Waals surface area (Å²) in [7, 11) is 0. The van der Waals surface area contributed by atoms with Crippen molar-refractivity contribution in [2.45, 2.75) is 32.2 Å². The molecule has 0 saturated carbocycles. The number of carbonyl (C=O) groups is 2. The number of rotatable bonds is 5. The molecule has 6 heteroatoms. The summed E-state index contributed by atoms with van der Waals surface area (Å²) in [5.41, 5.74) is 0. The Balaban J connectivity index is 2.21. The maximum absolute atomic E-state index is 11.4. The number of hydrogen-bond acceptors (Lipinski definition) is 3. The number of ether oxygens (including phenoxy) is 1. The Morgan fingerprint density at radius 3 is 2.82 bits per heavy atom. The monoisotopic (exact) mass is 244 g/mol. The molecule has 2 amide bonds. The lowest BCUT2D eigenvalue weighted by atomic mass is 10.0. The van der Waals surface area contributed by atoms with E-state index in [9.17, 15) is 9.59 Å². The normalized spacial score (nSPS) is 21.6. The lowest BCUT2D eigenvalue weighted by Crippen LogP contribution is -2.47. The number of carboxylic acids is 1. The van der Waals surface area contributed by atoms with Crippen LogP contribution in [0, 0.1) is 5.92 Å². The van der Waals surface area contributed by atoms with Crippen LogP contribution in [-0.4, -0.2) is 42.9 Å². The van der Waals surface area contributed by atoms with Crippen molar-refractivity contribution in [3.8, 4) is 0 Å². The Kier molecular flexibility index (Phi) is 5.76. The Hall–Kier alpha value is -1.30. The quantitative estimate of drug-likeness (QED) is 0.660. The molecule has 1 rings (SSSR count). The van der Waals surface area contributed by atoms with E-state index in [1.165, 1.54) is 0 Å². The standard InChI is InChI=1S/C11H20N2O4/c1-2-9(10(14)15)13-11(16)12-6-8-4-3-5-17-7-8/h8-9H,2-7H2,1H3,(H,14,15)(H2,12,13,16)/t8?,9-/m0/s1. The van der Waals surface area contributed by atoms with Gasteiger partial charge >= 0.3 is 12.0 Å². The maximum Gasteiger partial charge on any atom is 0.326 e. The Morgan fingerprint density at radius 2 is 2.29 bits per heavy atom. The van der Waals surface area contributed by atoms with Crippen molar-refractivity contribution in [3.63, 3.8) is 0 Å². The third-order valence-electron chi connectivity index (χ3n) is 2.82. The number of aliphatic carboxylic acids is 1. The summed E-state index contributed by atoms with van der Waals surface area (Å²) in [6.07, 6.45) is 2.42. The van der Waals surface area contributed by atoms with Gasteiger partial charge in [0, 0.05) is 13.2 Å². The van der Waals surface area contributed by atoms with Gasteiger partial charge in [-0.1, -0.05) is 6.92 Å².